The maximum Gasteiger partial charge on any atom is 0.336 e. The van der Waals surface area contributed by atoms with E-state index in [2.05, 4.69) is 15.4 Å². The minimum absolute atomic E-state index is 0.231. The Kier molecular flexibility index (Phi) is 7.43. The quantitative estimate of drug-likeness (QED) is 0.315. The molecule has 0 atom stereocenters. The zero-order chi connectivity index (χ0) is 24.9. The molecule has 0 fully saturated rings. The molecule has 0 spiro atoms. The topological polar surface area (TPSA) is 87.5 Å². The number of rotatable bonds is 8. The van der Waals surface area contributed by atoms with Crippen LogP contribution in [-0.2, 0) is 0 Å². The molecule has 0 bridgehead atoms. The van der Waals surface area contributed by atoms with E-state index >= 15 is 0 Å². The SMILES string of the molecule is CCOc1nc(-c2ccc(Cl)c(Cl)c2)n(-c2ccc(NC(=O)c3c(OC)cccc3OC)cc2)n1. The Hall–Kier alpha value is -3.75. The van der Waals surface area contributed by atoms with E-state index in [9.17, 15) is 4.79 Å². The maximum atomic E-state index is 13.0. The molecule has 4 rings (SSSR count). The van der Waals surface area contributed by atoms with Crippen molar-refractivity contribution in [1.82, 2.24) is 14.8 Å². The zero-order valence-corrected chi connectivity index (χ0v) is 20.7. The summed E-state index contributed by atoms with van der Waals surface area (Å²) >= 11 is 12.3. The van der Waals surface area contributed by atoms with Crippen LogP contribution in [0.2, 0.25) is 10.0 Å². The van der Waals surface area contributed by atoms with Crippen LogP contribution in [0, 0.1) is 0 Å². The molecule has 0 aliphatic heterocycles. The maximum absolute atomic E-state index is 13.0. The van der Waals surface area contributed by atoms with E-state index in [1.54, 1.807) is 65.3 Å². The first-order chi connectivity index (χ1) is 16.9. The fraction of sp³-hybridized carbons (Fsp3) is 0.160. The third-order valence-corrected chi connectivity index (χ3v) is 5.80. The minimum Gasteiger partial charge on any atom is -0.496 e. The molecule has 1 heterocycles. The van der Waals surface area contributed by atoms with Gasteiger partial charge in [-0.3, -0.25) is 4.79 Å². The van der Waals surface area contributed by atoms with Crippen molar-refractivity contribution in [3.05, 3.63) is 76.3 Å². The van der Waals surface area contributed by atoms with E-state index in [0.29, 0.717) is 50.9 Å². The second kappa shape index (κ2) is 10.7. The normalized spacial score (nSPS) is 10.7. The summed E-state index contributed by atoms with van der Waals surface area (Å²) in [7, 11) is 3.00. The first kappa shape index (κ1) is 24.4. The van der Waals surface area contributed by atoms with Crippen LogP contribution in [0.25, 0.3) is 17.1 Å². The number of halogens is 2. The first-order valence-electron chi connectivity index (χ1n) is 10.6. The summed E-state index contributed by atoms with van der Waals surface area (Å²) in [4.78, 5) is 17.5. The number of methoxy groups -OCH3 is 2. The Morgan fingerprint density at radius 1 is 0.971 bits per heavy atom. The van der Waals surface area contributed by atoms with Crippen LogP contribution >= 0.6 is 23.2 Å². The summed E-state index contributed by atoms with van der Waals surface area (Å²) < 4.78 is 17.8. The predicted octanol–water partition coefficient (Wildman–Crippen LogP) is 5.91. The minimum atomic E-state index is -0.358. The number of nitrogens with zero attached hydrogens (tertiary/aromatic N) is 3. The van der Waals surface area contributed by atoms with Crippen LogP contribution < -0.4 is 19.5 Å². The van der Waals surface area contributed by atoms with E-state index in [0.717, 1.165) is 5.56 Å². The summed E-state index contributed by atoms with van der Waals surface area (Å²) in [6, 6.07) is 17.7. The lowest BCUT2D eigenvalue weighted by atomic mass is 10.1. The van der Waals surface area contributed by atoms with Gasteiger partial charge in [0.1, 0.15) is 17.1 Å². The predicted molar refractivity (Wildman–Crippen MR) is 135 cm³/mol. The highest BCUT2D eigenvalue weighted by molar-refractivity contribution is 6.42. The standard InChI is InChI=1S/C25H22Cl2N4O4/c1-4-35-25-29-23(15-8-13-18(26)19(27)14-15)31(30-25)17-11-9-16(10-12-17)28-24(32)22-20(33-2)6-5-7-21(22)34-3/h5-14H,4H2,1-3H3,(H,28,32). The van der Waals surface area contributed by atoms with Gasteiger partial charge in [0, 0.05) is 11.3 Å². The number of hydrogen-bond acceptors (Lipinski definition) is 6. The molecule has 0 aliphatic carbocycles. The Morgan fingerprint density at radius 3 is 2.26 bits per heavy atom. The lowest BCUT2D eigenvalue weighted by Crippen LogP contribution is -2.14. The zero-order valence-electron chi connectivity index (χ0n) is 19.2. The summed E-state index contributed by atoms with van der Waals surface area (Å²) in [5, 5.41) is 8.19. The van der Waals surface area contributed by atoms with Crippen LogP contribution in [0.5, 0.6) is 17.5 Å². The van der Waals surface area contributed by atoms with Gasteiger partial charge in [-0.1, -0.05) is 29.3 Å². The fourth-order valence-electron chi connectivity index (χ4n) is 3.44. The van der Waals surface area contributed by atoms with E-state index in [4.69, 9.17) is 37.4 Å². The molecule has 0 saturated carbocycles. The second-order valence-electron chi connectivity index (χ2n) is 7.23. The highest BCUT2D eigenvalue weighted by Gasteiger charge is 2.19. The molecule has 0 aliphatic rings. The summed E-state index contributed by atoms with van der Waals surface area (Å²) in [6.45, 7) is 2.27. The Bertz CT molecular complexity index is 1330. The third-order valence-electron chi connectivity index (χ3n) is 5.06. The lowest BCUT2D eigenvalue weighted by Gasteiger charge is -2.13. The molecular formula is C25H22Cl2N4O4. The number of aromatic nitrogens is 3. The molecule has 35 heavy (non-hydrogen) atoms. The number of nitrogens with one attached hydrogen (secondary N) is 1. The highest BCUT2D eigenvalue weighted by atomic mass is 35.5. The van der Waals surface area contributed by atoms with Gasteiger partial charge in [0.15, 0.2) is 5.82 Å². The Labute approximate surface area is 212 Å². The molecule has 8 nitrogen and oxygen atoms in total. The summed E-state index contributed by atoms with van der Waals surface area (Å²) in [5.41, 5.74) is 2.31. The Morgan fingerprint density at radius 2 is 1.66 bits per heavy atom. The molecule has 0 saturated heterocycles. The van der Waals surface area contributed by atoms with Crippen molar-refractivity contribution in [2.75, 3.05) is 26.1 Å². The van der Waals surface area contributed by atoms with Crippen molar-refractivity contribution in [1.29, 1.82) is 0 Å². The van der Waals surface area contributed by atoms with Gasteiger partial charge in [0.25, 0.3) is 5.91 Å². The molecule has 180 valence electrons. The average Bonchev–Trinajstić information content (AvgIpc) is 3.29. The molecule has 0 unspecified atom stereocenters. The van der Waals surface area contributed by atoms with Crippen molar-refractivity contribution in [2.45, 2.75) is 6.92 Å². The lowest BCUT2D eigenvalue weighted by molar-refractivity contribution is 0.102. The van der Waals surface area contributed by atoms with Crippen LogP contribution in [0.15, 0.2) is 60.7 Å². The molecule has 1 amide bonds. The highest BCUT2D eigenvalue weighted by Crippen LogP contribution is 2.31. The van der Waals surface area contributed by atoms with Gasteiger partial charge in [-0.05, 0) is 61.5 Å². The molecule has 3 aromatic carbocycles. The number of anilines is 1. The van der Waals surface area contributed by atoms with Crippen molar-refractivity contribution in [3.63, 3.8) is 0 Å². The largest absolute Gasteiger partial charge is 0.496 e. The number of benzene rings is 3. The average molecular weight is 513 g/mol. The Balaban J connectivity index is 1.64. The van der Waals surface area contributed by atoms with E-state index in [-0.39, 0.29) is 11.9 Å². The van der Waals surface area contributed by atoms with Gasteiger partial charge in [0.2, 0.25) is 0 Å². The molecule has 0 radical (unpaired) electrons. The van der Waals surface area contributed by atoms with E-state index in [1.165, 1.54) is 14.2 Å². The molecule has 10 heteroatoms. The molecule has 1 N–H and O–H groups in total. The van der Waals surface area contributed by atoms with Gasteiger partial charge in [0.05, 0.1) is 36.6 Å². The number of amides is 1. The third kappa shape index (κ3) is 5.18. The smallest absolute Gasteiger partial charge is 0.336 e. The summed E-state index contributed by atoms with van der Waals surface area (Å²) in [5.74, 6) is 0.997. The van der Waals surface area contributed by atoms with E-state index < -0.39 is 0 Å². The van der Waals surface area contributed by atoms with Gasteiger partial charge in [-0.2, -0.15) is 4.98 Å². The second-order valence-corrected chi connectivity index (χ2v) is 8.04. The number of carbonyl (C=O) groups excluding carboxylic acids is 1. The molecule has 1 aromatic heterocycles. The van der Waals surface area contributed by atoms with Crippen LogP contribution in [0.1, 0.15) is 17.3 Å². The molecule has 4 aromatic rings. The van der Waals surface area contributed by atoms with Crippen LogP contribution in [0.3, 0.4) is 0 Å². The first-order valence-corrected chi connectivity index (χ1v) is 11.4. The van der Waals surface area contributed by atoms with Crippen molar-refractivity contribution < 1.29 is 19.0 Å². The summed E-state index contributed by atoms with van der Waals surface area (Å²) in [6.07, 6.45) is 0. The fourth-order valence-corrected chi connectivity index (χ4v) is 3.74. The van der Waals surface area contributed by atoms with Crippen molar-refractivity contribution in [2.24, 2.45) is 0 Å². The van der Waals surface area contributed by atoms with Gasteiger partial charge < -0.3 is 19.5 Å². The van der Waals surface area contributed by atoms with Gasteiger partial charge in [-0.15, -0.1) is 5.10 Å². The van der Waals surface area contributed by atoms with Crippen LogP contribution in [0.4, 0.5) is 5.69 Å². The van der Waals surface area contributed by atoms with E-state index in [1.807, 2.05) is 6.92 Å². The van der Waals surface area contributed by atoms with Crippen molar-refractivity contribution >= 4 is 34.8 Å². The van der Waals surface area contributed by atoms with Crippen LogP contribution in [-0.4, -0.2) is 41.5 Å². The number of hydrogen-bond donors (Lipinski definition) is 1. The van der Waals surface area contributed by atoms with Gasteiger partial charge >= 0.3 is 6.01 Å². The monoisotopic (exact) mass is 512 g/mol. The molecular weight excluding hydrogens is 491 g/mol. The van der Waals surface area contributed by atoms with Crippen molar-refractivity contribution in [3.8, 4) is 34.6 Å². The number of carbonyl (C=O) groups is 1. The van der Waals surface area contributed by atoms with Gasteiger partial charge in [-0.25, -0.2) is 4.68 Å². The number of ether oxygens (including phenoxy) is 3.